The molecule has 2 amide bonds. The lowest BCUT2D eigenvalue weighted by Crippen LogP contribution is -2.48. The van der Waals surface area contributed by atoms with Gasteiger partial charge in [-0.2, -0.15) is 0 Å². The van der Waals surface area contributed by atoms with Gasteiger partial charge in [0.2, 0.25) is 11.8 Å². The molecule has 0 aliphatic carbocycles. The van der Waals surface area contributed by atoms with Crippen LogP contribution in [0.2, 0.25) is 5.02 Å². The molecule has 2 aromatic carbocycles. The molecule has 1 aliphatic heterocycles. The molecule has 1 N–H and O–H groups in total. The molecule has 1 atom stereocenters. The van der Waals surface area contributed by atoms with Gasteiger partial charge in [0.05, 0.1) is 6.42 Å². The van der Waals surface area contributed by atoms with E-state index in [9.17, 15) is 9.59 Å². The number of hydrogen-bond acceptors (Lipinski definition) is 2. The first-order valence-corrected chi connectivity index (χ1v) is 10.1. The van der Waals surface area contributed by atoms with Crippen LogP contribution in [-0.2, 0) is 21.4 Å². The Morgan fingerprint density at radius 3 is 2.46 bits per heavy atom. The molecule has 0 aromatic heterocycles. The molecule has 2 aromatic rings. The fourth-order valence-electron chi connectivity index (χ4n) is 3.64. The first kappa shape index (κ1) is 20.4. The van der Waals surface area contributed by atoms with Crippen LogP contribution < -0.4 is 5.32 Å². The van der Waals surface area contributed by atoms with Crippen molar-refractivity contribution in [3.05, 3.63) is 70.7 Å². The maximum absolute atomic E-state index is 12.8. The molecule has 1 heterocycles. The third-order valence-corrected chi connectivity index (χ3v) is 5.66. The highest BCUT2D eigenvalue weighted by molar-refractivity contribution is 6.30. The second kappa shape index (κ2) is 8.78. The fourth-order valence-corrected chi connectivity index (χ4v) is 3.76. The minimum absolute atomic E-state index is 0.0146. The molecule has 0 radical (unpaired) electrons. The van der Waals surface area contributed by atoms with Crippen molar-refractivity contribution in [1.82, 2.24) is 10.2 Å². The average Bonchev–Trinajstić information content (AvgIpc) is 3.17. The lowest BCUT2D eigenvalue weighted by Gasteiger charge is -2.29. The van der Waals surface area contributed by atoms with E-state index in [0.717, 1.165) is 17.5 Å². The van der Waals surface area contributed by atoms with Crippen molar-refractivity contribution < 1.29 is 9.59 Å². The van der Waals surface area contributed by atoms with Crippen LogP contribution >= 0.6 is 11.6 Å². The van der Waals surface area contributed by atoms with Crippen LogP contribution in [0.1, 0.15) is 37.8 Å². The highest BCUT2D eigenvalue weighted by Gasteiger charge is 2.34. The molecule has 1 saturated heterocycles. The number of hydrogen-bond donors (Lipinski definition) is 1. The molecule has 0 spiro atoms. The number of nitrogens with zero attached hydrogens (tertiary/aromatic N) is 1. The summed E-state index contributed by atoms with van der Waals surface area (Å²) in [5, 5.41) is 3.76. The van der Waals surface area contributed by atoms with Gasteiger partial charge in [0.1, 0.15) is 6.04 Å². The molecule has 1 aliphatic rings. The van der Waals surface area contributed by atoms with Crippen molar-refractivity contribution in [1.29, 1.82) is 0 Å². The number of rotatable bonds is 6. The van der Waals surface area contributed by atoms with Crippen molar-refractivity contribution >= 4 is 23.4 Å². The number of carbonyl (C=O) groups is 2. The molecule has 1 unspecified atom stereocenters. The van der Waals surface area contributed by atoms with Crippen LogP contribution in [0.4, 0.5) is 0 Å². The van der Waals surface area contributed by atoms with Gasteiger partial charge in [0.15, 0.2) is 0 Å². The highest BCUT2D eigenvalue weighted by Crippen LogP contribution is 2.25. The van der Waals surface area contributed by atoms with E-state index in [1.807, 2.05) is 54.6 Å². The minimum atomic E-state index is -0.378. The molecule has 148 valence electrons. The van der Waals surface area contributed by atoms with Gasteiger partial charge in [-0.05, 0) is 36.1 Å². The van der Waals surface area contributed by atoms with Gasteiger partial charge in [0, 0.05) is 23.5 Å². The Balaban J connectivity index is 1.59. The molecule has 4 nitrogen and oxygen atoms in total. The van der Waals surface area contributed by atoms with Crippen LogP contribution in [0, 0.1) is 0 Å². The Labute approximate surface area is 171 Å². The Bertz CT molecular complexity index is 818. The number of likely N-dealkylation sites (tertiary alicyclic amines) is 1. The molecule has 5 heteroatoms. The third-order valence-electron chi connectivity index (χ3n) is 5.40. The largest absolute Gasteiger partial charge is 0.353 e. The topological polar surface area (TPSA) is 49.4 Å². The van der Waals surface area contributed by atoms with Crippen LogP contribution in [0.25, 0.3) is 0 Å². The van der Waals surface area contributed by atoms with E-state index in [1.165, 1.54) is 0 Å². The predicted octanol–water partition coefficient (Wildman–Crippen LogP) is 3.97. The van der Waals surface area contributed by atoms with E-state index in [2.05, 4.69) is 19.2 Å². The van der Waals surface area contributed by atoms with E-state index >= 15 is 0 Å². The summed E-state index contributed by atoms with van der Waals surface area (Å²) in [6.07, 6.45) is 1.91. The van der Waals surface area contributed by atoms with Gasteiger partial charge < -0.3 is 10.2 Å². The first-order chi connectivity index (χ1) is 13.4. The number of benzene rings is 2. The van der Waals surface area contributed by atoms with Crippen molar-refractivity contribution in [3.8, 4) is 0 Å². The smallest absolute Gasteiger partial charge is 0.242 e. The Hall–Kier alpha value is -2.33. The summed E-state index contributed by atoms with van der Waals surface area (Å²) in [6.45, 7) is 5.32. The molecule has 28 heavy (non-hydrogen) atoms. The van der Waals surface area contributed by atoms with Crippen molar-refractivity contribution in [2.75, 3.05) is 13.1 Å². The Kier molecular flexibility index (Phi) is 6.40. The molecule has 1 fully saturated rings. The summed E-state index contributed by atoms with van der Waals surface area (Å²) in [4.78, 5) is 27.3. The zero-order valence-corrected chi connectivity index (χ0v) is 17.2. The standard InChI is InChI=1S/C23H27ClN2O2/c1-23(2,18-10-12-19(24)13-11-18)16-25-22(28)20-9-6-14-26(20)21(27)15-17-7-4-3-5-8-17/h3-5,7-8,10-13,20H,6,9,14-16H2,1-2H3,(H,25,28). The SMILES string of the molecule is CC(C)(CNC(=O)C1CCCN1C(=O)Cc1ccccc1)c1ccc(Cl)cc1. The van der Waals surface area contributed by atoms with Crippen LogP contribution in [0.3, 0.4) is 0 Å². The van der Waals surface area contributed by atoms with Crippen LogP contribution in [-0.4, -0.2) is 35.8 Å². The third kappa shape index (κ3) is 4.93. The summed E-state index contributed by atoms with van der Waals surface area (Å²) >= 11 is 5.97. The minimum Gasteiger partial charge on any atom is -0.353 e. The number of carbonyl (C=O) groups excluding carboxylic acids is 2. The molecular formula is C23H27ClN2O2. The van der Waals surface area contributed by atoms with Gasteiger partial charge in [0.25, 0.3) is 0 Å². The van der Waals surface area contributed by atoms with E-state index in [0.29, 0.717) is 31.0 Å². The van der Waals surface area contributed by atoms with E-state index in [4.69, 9.17) is 11.6 Å². The van der Waals surface area contributed by atoms with Gasteiger partial charge in [-0.25, -0.2) is 0 Å². The average molecular weight is 399 g/mol. The Morgan fingerprint density at radius 2 is 1.79 bits per heavy atom. The summed E-state index contributed by atoms with van der Waals surface area (Å²) in [6, 6.07) is 17.0. The number of halogens is 1. The predicted molar refractivity (Wildman–Crippen MR) is 112 cm³/mol. The lowest BCUT2D eigenvalue weighted by atomic mass is 9.84. The van der Waals surface area contributed by atoms with Gasteiger partial charge >= 0.3 is 0 Å². The van der Waals surface area contributed by atoms with Crippen LogP contribution in [0.15, 0.2) is 54.6 Å². The van der Waals surface area contributed by atoms with E-state index in [-0.39, 0.29) is 23.3 Å². The van der Waals surface area contributed by atoms with Crippen LogP contribution in [0.5, 0.6) is 0 Å². The summed E-state index contributed by atoms with van der Waals surface area (Å²) < 4.78 is 0. The fraction of sp³-hybridized carbons (Fsp3) is 0.391. The lowest BCUT2D eigenvalue weighted by molar-refractivity contribution is -0.138. The highest BCUT2D eigenvalue weighted by atomic mass is 35.5. The zero-order valence-electron chi connectivity index (χ0n) is 16.5. The number of nitrogens with one attached hydrogen (secondary N) is 1. The van der Waals surface area contributed by atoms with Gasteiger partial charge in [-0.1, -0.05) is 67.9 Å². The summed E-state index contributed by atoms with van der Waals surface area (Å²) in [5.41, 5.74) is 1.86. The maximum atomic E-state index is 12.8. The van der Waals surface area contributed by atoms with Crippen molar-refractivity contribution in [2.24, 2.45) is 0 Å². The molecule has 0 saturated carbocycles. The zero-order chi connectivity index (χ0) is 20.1. The summed E-state index contributed by atoms with van der Waals surface area (Å²) in [5.74, 6) is -0.0539. The van der Waals surface area contributed by atoms with Gasteiger partial charge in [-0.15, -0.1) is 0 Å². The maximum Gasteiger partial charge on any atom is 0.242 e. The second-order valence-electron chi connectivity index (χ2n) is 8.02. The van der Waals surface area contributed by atoms with E-state index in [1.54, 1.807) is 4.90 Å². The molecular weight excluding hydrogens is 372 g/mol. The summed E-state index contributed by atoms with van der Waals surface area (Å²) in [7, 11) is 0. The molecule has 0 bridgehead atoms. The first-order valence-electron chi connectivity index (χ1n) is 9.74. The van der Waals surface area contributed by atoms with Crippen molar-refractivity contribution in [3.63, 3.8) is 0 Å². The van der Waals surface area contributed by atoms with E-state index < -0.39 is 0 Å². The molecule has 3 rings (SSSR count). The van der Waals surface area contributed by atoms with Gasteiger partial charge in [-0.3, -0.25) is 9.59 Å². The number of amides is 2. The quantitative estimate of drug-likeness (QED) is 0.800. The monoisotopic (exact) mass is 398 g/mol. The normalized spacial score (nSPS) is 16.8. The van der Waals surface area contributed by atoms with Crippen molar-refractivity contribution in [2.45, 2.75) is 44.6 Å². The second-order valence-corrected chi connectivity index (χ2v) is 8.45. The Morgan fingerprint density at radius 1 is 1.11 bits per heavy atom.